The third-order valence-electron chi connectivity index (χ3n) is 4.40. The summed E-state index contributed by atoms with van der Waals surface area (Å²) in [6, 6.07) is 7.38. The largest absolute Gasteiger partial charge is 0.328 e. The topological polar surface area (TPSA) is 87.7 Å². The van der Waals surface area contributed by atoms with Crippen LogP contribution in [-0.2, 0) is 19.5 Å². The number of amides is 1. The van der Waals surface area contributed by atoms with Crippen molar-refractivity contribution in [2.24, 2.45) is 5.92 Å². The number of carbonyl (C=O) groups is 1. The van der Waals surface area contributed by atoms with Gasteiger partial charge in [0.2, 0.25) is 0 Å². The Morgan fingerprint density at radius 1 is 1.19 bits per heavy atom. The highest BCUT2D eigenvalue weighted by Gasteiger charge is 2.26. The van der Waals surface area contributed by atoms with Crippen LogP contribution < -0.4 is 0 Å². The molecule has 0 bridgehead atoms. The lowest BCUT2D eigenvalue weighted by Crippen LogP contribution is -2.25. The molecule has 2 aromatic heterocycles. The summed E-state index contributed by atoms with van der Waals surface area (Å²) in [5.74, 6) is 2.04. The van der Waals surface area contributed by atoms with Gasteiger partial charge in [0.1, 0.15) is 12.2 Å². The van der Waals surface area contributed by atoms with Gasteiger partial charge in [-0.1, -0.05) is 26.0 Å². The fraction of sp³-hybridized carbons (Fsp3) is 0.316. The third kappa shape index (κ3) is 3.20. The molecule has 0 unspecified atom stereocenters. The number of hydrogen-bond acceptors (Lipinski definition) is 5. The van der Waals surface area contributed by atoms with Crippen molar-refractivity contribution in [2.45, 2.75) is 33.4 Å². The number of hydrogen-bond donors (Lipinski definition) is 1. The number of benzene rings is 1. The van der Waals surface area contributed by atoms with Crippen molar-refractivity contribution in [3.8, 4) is 11.4 Å². The Labute approximate surface area is 151 Å². The van der Waals surface area contributed by atoms with Gasteiger partial charge in [-0.3, -0.25) is 9.89 Å². The van der Waals surface area contributed by atoms with Crippen LogP contribution >= 0.6 is 0 Å². The van der Waals surface area contributed by atoms with E-state index in [1.54, 1.807) is 0 Å². The number of aromatic nitrogens is 5. The van der Waals surface area contributed by atoms with Crippen LogP contribution in [-0.4, -0.2) is 36.0 Å². The molecule has 0 atom stereocenters. The van der Waals surface area contributed by atoms with Gasteiger partial charge in [-0.05, 0) is 18.1 Å². The SMILES string of the molecule is CC(C)Cc1ncc2c(n1)CN(C(=O)c1ccc(-c3ncn[nH]3)cc1)C2. The number of rotatable bonds is 4. The van der Waals surface area contributed by atoms with Gasteiger partial charge in [-0.15, -0.1) is 0 Å². The highest BCUT2D eigenvalue weighted by Crippen LogP contribution is 2.23. The minimum absolute atomic E-state index is 0.00229. The highest BCUT2D eigenvalue weighted by atomic mass is 16.2. The Kier molecular flexibility index (Phi) is 4.20. The molecule has 0 aliphatic carbocycles. The summed E-state index contributed by atoms with van der Waals surface area (Å²) in [7, 11) is 0. The van der Waals surface area contributed by atoms with E-state index >= 15 is 0 Å². The second kappa shape index (κ2) is 6.67. The Hall–Kier alpha value is -3.09. The maximum absolute atomic E-state index is 12.8. The average molecular weight is 348 g/mol. The van der Waals surface area contributed by atoms with Crippen molar-refractivity contribution in [3.05, 3.63) is 59.4 Å². The molecule has 7 nitrogen and oxygen atoms in total. The molecule has 3 heterocycles. The van der Waals surface area contributed by atoms with Gasteiger partial charge in [0.25, 0.3) is 5.91 Å². The zero-order valence-electron chi connectivity index (χ0n) is 14.8. The molecule has 4 rings (SSSR count). The van der Waals surface area contributed by atoms with E-state index in [1.165, 1.54) is 6.33 Å². The van der Waals surface area contributed by atoms with E-state index < -0.39 is 0 Å². The predicted octanol–water partition coefficient (Wildman–Crippen LogP) is 2.62. The van der Waals surface area contributed by atoms with Gasteiger partial charge in [-0.25, -0.2) is 15.0 Å². The molecule has 0 fully saturated rings. The number of nitrogens with one attached hydrogen (secondary N) is 1. The number of aromatic amines is 1. The first-order chi connectivity index (χ1) is 12.6. The smallest absolute Gasteiger partial charge is 0.254 e. The molecule has 7 heteroatoms. The van der Waals surface area contributed by atoms with E-state index in [0.29, 0.717) is 30.4 Å². The second-order valence-electron chi connectivity index (χ2n) is 6.93. The second-order valence-corrected chi connectivity index (χ2v) is 6.93. The Morgan fingerprint density at radius 2 is 2.00 bits per heavy atom. The molecule has 0 spiro atoms. The summed E-state index contributed by atoms with van der Waals surface area (Å²) in [5.41, 5.74) is 3.54. The number of nitrogens with zero attached hydrogens (tertiary/aromatic N) is 5. The van der Waals surface area contributed by atoms with Crippen LogP contribution in [0.2, 0.25) is 0 Å². The number of H-pyrrole nitrogens is 1. The summed E-state index contributed by atoms with van der Waals surface area (Å²) >= 11 is 0. The van der Waals surface area contributed by atoms with Crippen molar-refractivity contribution in [3.63, 3.8) is 0 Å². The van der Waals surface area contributed by atoms with Crippen LogP contribution in [0.4, 0.5) is 0 Å². The van der Waals surface area contributed by atoms with E-state index in [9.17, 15) is 4.79 Å². The fourth-order valence-electron chi connectivity index (χ4n) is 3.10. The van der Waals surface area contributed by atoms with Crippen LogP contribution in [0.5, 0.6) is 0 Å². The normalized spacial score (nSPS) is 13.3. The molecule has 132 valence electrons. The summed E-state index contributed by atoms with van der Waals surface area (Å²) in [6.45, 7) is 5.38. The minimum atomic E-state index is -0.00229. The van der Waals surface area contributed by atoms with Crippen molar-refractivity contribution >= 4 is 5.91 Å². The van der Waals surface area contributed by atoms with Crippen molar-refractivity contribution < 1.29 is 4.79 Å². The van der Waals surface area contributed by atoms with E-state index in [2.05, 4.69) is 39.0 Å². The maximum Gasteiger partial charge on any atom is 0.254 e. The van der Waals surface area contributed by atoms with Crippen LogP contribution in [0, 0.1) is 5.92 Å². The van der Waals surface area contributed by atoms with Gasteiger partial charge in [0.15, 0.2) is 5.82 Å². The molecule has 1 amide bonds. The van der Waals surface area contributed by atoms with E-state index in [-0.39, 0.29) is 5.91 Å². The first kappa shape index (κ1) is 16.4. The van der Waals surface area contributed by atoms with Gasteiger partial charge in [0, 0.05) is 35.9 Å². The molecule has 3 aromatic rings. The van der Waals surface area contributed by atoms with Crippen molar-refractivity contribution in [2.75, 3.05) is 0 Å². The maximum atomic E-state index is 12.8. The van der Waals surface area contributed by atoms with E-state index in [4.69, 9.17) is 0 Å². The molecule has 0 saturated carbocycles. The molecule has 1 aliphatic heterocycles. The van der Waals surface area contributed by atoms with Gasteiger partial charge < -0.3 is 4.90 Å². The van der Waals surface area contributed by atoms with Crippen molar-refractivity contribution in [1.82, 2.24) is 30.0 Å². The Morgan fingerprint density at radius 3 is 2.69 bits per heavy atom. The first-order valence-electron chi connectivity index (χ1n) is 8.69. The Bertz CT molecular complexity index is 918. The van der Waals surface area contributed by atoms with E-state index in [1.807, 2.05) is 35.4 Å². The van der Waals surface area contributed by atoms with E-state index in [0.717, 1.165) is 29.1 Å². The summed E-state index contributed by atoms with van der Waals surface area (Å²) in [4.78, 5) is 27.8. The van der Waals surface area contributed by atoms with Crippen molar-refractivity contribution in [1.29, 1.82) is 0 Å². The van der Waals surface area contributed by atoms with Crippen LogP contribution in [0.25, 0.3) is 11.4 Å². The fourth-order valence-corrected chi connectivity index (χ4v) is 3.10. The molecule has 1 N–H and O–H groups in total. The van der Waals surface area contributed by atoms with Gasteiger partial charge >= 0.3 is 0 Å². The summed E-state index contributed by atoms with van der Waals surface area (Å²) in [5, 5.41) is 6.66. The molecule has 0 radical (unpaired) electrons. The monoisotopic (exact) mass is 348 g/mol. The molecule has 26 heavy (non-hydrogen) atoms. The van der Waals surface area contributed by atoms with Crippen LogP contribution in [0.1, 0.15) is 41.3 Å². The van der Waals surface area contributed by atoms with Gasteiger partial charge in [0.05, 0.1) is 12.2 Å². The molecular formula is C19H20N6O. The standard InChI is InChI=1S/C19H20N6O/c1-12(2)7-17-20-8-15-9-25(10-16(15)23-17)19(26)14-5-3-13(4-6-14)18-21-11-22-24-18/h3-6,8,11-12H,7,9-10H2,1-2H3,(H,21,22,24). The van der Waals surface area contributed by atoms with Crippen LogP contribution in [0.3, 0.4) is 0 Å². The lowest BCUT2D eigenvalue weighted by Gasteiger charge is -2.15. The minimum Gasteiger partial charge on any atom is -0.328 e. The number of carbonyl (C=O) groups excluding carboxylic acids is 1. The molecule has 1 aliphatic rings. The van der Waals surface area contributed by atoms with Gasteiger partial charge in [-0.2, -0.15) is 5.10 Å². The predicted molar refractivity (Wildman–Crippen MR) is 96.0 cm³/mol. The van der Waals surface area contributed by atoms with Crippen LogP contribution in [0.15, 0.2) is 36.8 Å². The lowest BCUT2D eigenvalue weighted by atomic mass is 10.1. The molecule has 1 aromatic carbocycles. The Balaban J connectivity index is 1.49. The summed E-state index contributed by atoms with van der Waals surface area (Å²) in [6.07, 6.45) is 4.18. The molecular weight excluding hydrogens is 328 g/mol. The zero-order valence-corrected chi connectivity index (χ0v) is 14.8. The lowest BCUT2D eigenvalue weighted by molar-refractivity contribution is 0.0750. The average Bonchev–Trinajstić information content (AvgIpc) is 3.30. The highest BCUT2D eigenvalue weighted by molar-refractivity contribution is 5.94. The number of fused-ring (bicyclic) bond motifs is 1. The molecule has 0 saturated heterocycles. The third-order valence-corrected chi connectivity index (χ3v) is 4.40. The quantitative estimate of drug-likeness (QED) is 0.783. The zero-order chi connectivity index (χ0) is 18.1. The first-order valence-corrected chi connectivity index (χ1v) is 8.69. The summed E-state index contributed by atoms with van der Waals surface area (Å²) < 4.78 is 0.